The van der Waals surface area contributed by atoms with Crippen LogP contribution in [0.15, 0.2) is 35.3 Å². The molecule has 2 aromatic rings. The largest absolute Gasteiger partial charge is 0.496 e. The number of methoxy groups -OCH3 is 1. The molecule has 0 amide bonds. The van der Waals surface area contributed by atoms with Crippen LogP contribution < -0.4 is 15.6 Å². The highest BCUT2D eigenvalue weighted by atomic mass is 35.5. The molecule has 0 fully saturated rings. The number of para-hydroxylation sites is 1. The van der Waals surface area contributed by atoms with E-state index < -0.39 is 0 Å². The molecule has 5 nitrogen and oxygen atoms in total. The van der Waals surface area contributed by atoms with Crippen LogP contribution in [0.25, 0.3) is 0 Å². The van der Waals surface area contributed by atoms with E-state index in [1.807, 2.05) is 31.2 Å². The summed E-state index contributed by atoms with van der Waals surface area (Å²) >= 11 is 6.05. The number of halogens is 1. The molecule has 20 heavy (non-hydrogen) atoms. The third-order valence-corrected chi connectivity index (χ3v) is 3.31. The van der Waals surface area contributed by atoms with E-state index >= 15 is 0 Å². The van der Waals surface area contributed by atoms with E-state index in [4.69, 9.17) is 16.3 Å². The Balaban J connectivity index is 2.19. The maximum Gasteiger partial charge on any atom is 0.287 e. The van der Waals surface area contributed by atoms with Gasteiger partial charge in [0.2, 0.25) is 0 Å². The van der Waals surface area contributed by atoms with Crippen molar-refractivity contribution in [2.75, 3.05) is 12.4 Å². The molecular weight excluding hydrogens is 278 g/mol. The van der Waals surface area contributed by atoms with Gasteiger partial charge < -0.3 is 10.1 Å². The summed E-state index contributed by atoms with van der Waals surface area (Å²) in [5.74, 6) is 0.783. The monoisotopic (exact) mass is 293 g/mol. The van der Waals surface area contributed by atoms with Crippen molar-refractivity contribution in [3.8, 4) is 5.75 Å². The molecule has 1 aromatic heterocycles. The SMILES string of the molecule is CCn1ncc(NCc2ccccc2OC)c(Cl)c1=O. The van der Waals surface area contributed by atoms with Crippen molar-refractivity contribution in [3.05, 3.63) is 51.4 Å². The van der Waals surface area contributed by atoms with E-state index in [1.54, 1.807) is 13.3 Å². The molecule has 0 unspecified atom stereocenters. The number of aryl methyl sites for hydroxylation is 1. The average Bonchev–Trinajstić information content (AvgIpc) is 2.49. The summed E-state index contributed by atoms with van der Waals surface area (Å²) < 4.78 is 6.59. The Bertz CT molecular complexity index is 655. The highest BCUT2D eigenvalue weighted by molar-refractivity contribution is 6.32. The zero-order valence-corrected chi connectivity index (χ0v) is 12.1. The van der Waals surface area contributed by atoms with Gasteiger partial charge in [0.15, 0.2) is 0 Å². The zero-order valence-electron chi connectivity index (χ0n) is 11.4. The molecule has 1 N–H and O–H groups in total. The fraction of sp³-hybridized carbons (Fsp3) is 0.286. The molecule has 6 heteroatoms. The summed E-state index contributed by atoms with van der Waals surface area (Å²) in [5, 5.41) is 7.30. The van der Waals surface area contributed by atoms with Gasteiger partial charge in [0.1, 0.15) is 10.8 Å². The predicted molar refractivity (Wildman–Crippen MR) is 79.5 cm³/mol. The van der Waals surface area contributed by atoms with Gasteiger partial charge in [-0.25, -0.2) is 4.68 Å². The highest BCUT2D eigenvalue weighted by Crippen LogP contribution is 2.21. The maximum atomic E-state index is 11.9. The van der Waals surface area contributed by atoms with E-state index in [-0.39, 0.29) is 10.6 Å². The lowest BCUT2D eigenvalue weighted by Crippen LogP contribution is -2.23. The van der Waals surface area contributed by atoms with Gasteiger partial charge in [-0.15, -0.1) is 0 Å². The van der Waals surface area contributed by atoms with Crippen molar-refractivity contribution >= 4 is 17.3 Å². The van der Waals surface area contributed by atoms with Crippen LogP contribution in [-0.2, 0) is 13.1 Å². The molecule has 0 atom stereocenters. The van der Waals surface area contributed by atoms with Gasteiger partial charge in [0, 0.05) is 18.7 Å². The van der Waals surface area contributed by atoms with E-state index in [2.05, 4.69) is 10.4 Å². The molecule has 0 spiro atoms. The first-order chi connectivity index (χ1) is 9.67. The quantitative estimate of drug-likeness (QED) is 0.920. The number of nitrogens with one attached hydrogen (secondary N) is 1. The number of hydrogen-bond acceptors (Lipinski definition) is 4. The summed E-state index contributed by atoms with van der Waals surface area (Å²) in [6.07, 6.45) is 1.56. The molecule has 2 rings (SSSR count). The lowest BCUT2D eigenvalue weighted by molar-refractivity contribution is 0.410. The average molecular weight is 294 g/mol. The van der Waals surface area contributed by atoms with E-state index in [9.17, 15) is 4.79 Å². The van der Waals surface area contributed by atoms with Crippen molar-refractivity contribution in [1.29, 1.82) is 0 Å². The summed E-state index contributed by atoms with van der Waals surface area (Å²) in [4.78, 5) is 11.9. The Hall–Kier alpha value is -2.01. The molecule has 0 saturated heterocycles. The van der Waals surface area contributed by atoms with Crippen LogP contribution in [0.1, 0.15) is 12.5 Å². The van der Waals surface area contributed by atoms with Crippen molar-refractivity contribution in [2.24, 2.45) is 0 Å². The topological polar surface area (TPSA) is 56.1 Å². The van der Waals surface area contributed by atoms with E-state index in [0.29, 0.717) is 18.8 Å². The Morgan fingerprint density at radius 1 is 1.40 bits per heavy atom. The Labute approximate surface area is 122 Å². The first-order valence-corrected chi connectivity index (χ1v) is 6.66. The molecule has 106 valence electrons. The van der Waals surface area contributed by atoms with Crippen LogP contribution in [0.5, 0.6) is 5.75 Å². The van der Waals surface area contributed by atoms with Crippen LogP contribution in [0.2, 0.25) is 5.02 Å². The summed E-state index contributed by atoms with van der Waals surface area (Å²) in [6.45, 7) is 2.83. The molecule has 0 saturated carbocycles. The number of nitrogens with zero attached hydrogens (tertiary/aromatic N) is 2. The minimum absolute atomic E-state index is 0.150. The van der Waals surface area contributed by atoms with Crippen LogP contribution in [0.4, 0.5) is 5.69 Å². The van der Waals surface area contributed by atoms with E-state index in [0.717, 1.165) is 11.3 Å². The van der Waals surface area contributed by atoms with Gasteiger partial charge in [-0.3, -0.25) is 4.79 Å². The smallest absolute Gasteiger partial charge is 0.287 e. The van der Waals surface area contributed by atoms with Crippen LogP contribution in [0, 0.1) is 0 Å². The minimum atomic E-state index is -0.292. The maximum absolute atomic E-state index is 11.9. The summed E-state index contributed by atoms with van der Waals surface area (Å²) in [6, 6.07) is 7.65. The Kier molecular flexibility index (Phi) is 4.63. The van der Waals surface area contributed by atoms with Gasteiger partial charge in [-0.1, -0.05) is 29.8 Å². The number of rotatable bonds is 5. The molecule has 0 radical (unpaired) electrons. The van der Waals surface area contributed by atoms with Gasteiger partial charge in [-0.2, -0.15) is 5.10 Å². The number of benzene rings is 1. The Morgan fingerprint density at radius 2 is 2.15 bits per heavy atom. The van der Waals surface area contributed by atoms with Crippen molar-refractivity contribution in [1.82, 2.24) is 9.78 Å². The van der Waals surface area contributed by atoms with Gasteiger partial charge >= 0.3 is 0 Å². The van der Waals surface area contributed by atoms with E-state index in [1.165, 1.54) is 4.68 Å². The van der Waals surface area contributed by atoms with Gasteiger partial charge in [0.05, 0.1) is 19.0 Å². The molecular formula is C14H16ClN3O2. The Morgan fingerprint density at radius 3 is 2.85 bits per heavy atom. The second-order valence-corrected chi connectivity index (χ2v) is 4.54. The van der Waals surface area contributed by atoms with Crippen LogP contribution in [-0.4, -0.2) is 16.9 Å². The molecule has 0 bridgehead atoms. The van der Waals surface area contributed by atoms with Crippen LogP contribution in [0.3, 0.4) is 0 Å². The number of ether oxygens (including phenoxy) is 1. The zero-order chi connectivity index (χ0) is 14.5. The summed E-state index contributed by atoms with van der Waals surface area (Å²) in [5.41, 5.74) is 1.21. The molecule has 0 aliphatic heterocycles. The second-order valence-electron chi connectivity index (χ2n) is 4.16. The first kappa shape index (κ1) is 14.4. The van der Waals surface area contributed by atoms with Crippen molar-refractivity contribution < 1.29 is 4.74 Å². The fourth-order valence-electron chi connectivity index (χ4n) is 1.85. The second kappa shape index (κ2) is 6.43. The predicted octanol–water partition coefficient (Wildman–Crippen LogP) is 2.54. The number of aromatic nitrogens is 2. The third-order valence-electron chi connectivity index (χ3n) is 2.95. The number of anilines is 1. The lowest BCUT2D eigenvalue weighted by Gasteiger charge is -2.11. The van der Waals surface area contributed by atoms with Gasteiger partial charge in [0.25, 0.3) is 5.56 Å². The van der Waals surface area contributed by atoms with Gasteiger partial charge in [-0.05, 0) is 13.0 Å². The van der Waals surface area contributed by atoms with Crippen LogP contribution >= 0.6 is 11.6 Å². The minimum Gasteiger partial charge on any atom is -0.496 e. The standard InChI is InChI=1S/C14H16ClN3O2/c1-3-18-14(19)13(15)11(9-17-18)16-8-10-6-4-5-7-12(10)20-2/h4-7,9,16H,3,8H2,1-2H3. The third kappa shape index (κ3) is 2.93. The summed E-state index contributed by atoms with van der Waals surface area (Å²) in [7, 11) is 1.62. The van der Waals surface area contributed by atoms with Crippen molar-refractivity contribution in [3.63, 3.8) is 0 Å². The highest BCUT2D eigenvalue weighted by Gasteiger charge is 2.09. The molecule has 0 aliphatic rings. The first-order valence-electron chi connectivity index (χ1n) is 6.28. The fourth-order valence-corrected chi connectivity index (χ4v) is 2.07. The number of hydrogen-bond donors (Lipinski definition) is 1. The lowest BCUT2D eigenvalue weighted by atomic mass is 10.2. The normalized spacial score (nSPS) is 10.3. The molecule has 1 heterocycles. The van der Waals surface area contributed by atoms with Crippen molar-refractivity contribution in [2.45, 2.75) is 20.0 Å². The molecule has 0 aliphatic carbocycles. The molecule has 1 aromatic carbocycles.